The van der Waals surface area contributed by atoms with Gasteiger partial charge in [-0.1, -0.05) is 18.1 Å². The molecular formula is C23H29N5O5. The first-order valence-corrected chi connectivity index (χ1v) is 11.6. The minimum Gasteiger partial charge on any atom is -0.488 e. The average Bonchev–Trinajstić information content (AvgIpc) is 3.17. The molecule has 10 heteroatoms. The fourth-order valence-corrected chi connectivity index (χ4v) is 5.49. The van der Waals surface area contributed by atoms with E-state index >= 15 is 0 Å². The second-order valence-corrected chi connectivity index (χ2v) is 9.33. The Kier molecular flexibility index (Phi) is 5.67. The van der Waals surface area contributed by atoms with Crippen molar-refractivity contribution in [1.82, 2.24) is 24.9 Å². The summed E-state index contributed by atoms with van der Waals surface area (Å²) in [6.07, 6.45) is 7.29. The molecule has 33 heavy (non-hydrogen) atoms. The number of amides is 1. The number of pyridine rings is 1. The number of carboxylic acid groups (broad SMARTS) is 1. The molecule has 0 aliphatic heterocycles. The molecule has 0 radical (unpaired) electrons. The Morgan fingerprint density at radius 3 is 2.67 bits per heavy atom. The van der Waals surface area contributed by atoms with Crippen LogP contribution in [0.1, 0.15) is 44.2 Å². The number of nitrogens with zero attached hydrogens (tertiary/aromatic N) is 5. The number of hydrogen-bond donors (Lipinski definition) is 1. The van der Waals surface area contributed by atoms with Gasteiger partial charge in [-0.05, 0) is 43.7 Å². The summed E-state index contributed by atoms with van der Waals surface area (Å²) in [6, 6.07) is 3.85. The molecule has 0 bridgehead atoms. The molecule has 1 unspecified atom stereocenters. The number of aryl methyl sites for hydroxylation is 1. The highest BCUT2D eigenvalue weighted by atomic mass is 16.6. The number of carboxylic acids is 1. The van der Waals surface area contributed by atoms with Gasteiger partial charge in [0.05, 0.1) is 17.8 Å². The summed E-state index contributed by atoms with van der Waals surface area (Å²) < 4.78 is 13.2. The van der Waals surface area contributed by atoms with Crippen LogP contribution in [0.4, 0.5) is 4.79 Å². The van der Waals surface area contributed by atoms with Gasteiger partial charge in [-0.3, -0.25) is 9.78 Å². The van der Waals surface area contributed by atoms with Crippen molar-refractivity contribution in [1.29, 1.82) is 0 Å². The first-order chi connectivity index (χ1) is 15.9. The van der Waals surface area contributed by atoms with Crippen molar-refractivity contribution in [3.63, 3.8) is 0 Å². The van der Waals surface area contributed by atoms with E-state index < -0.39 is 5.97 Å². The molecule has 0 spiro atoms. The second kappa shape index (κ2) is 8.64. The summed E-state index contributed by atoms with van der Waals surface area (Å²) in [5.41, 5.74) is 1.81. The van der Waals surface area contributed by atoms with Crippen LogP contribution in [0.2, 0.25) is 0 Å². The number of carbonyl (C=O) groups excluding carboxylic acids is 1. The summed E-state index contributed by atoms with van der Waals surface area (Å²) in [5, 5.41) is 17.6. The zero-order chi connectivity index (χ0) is 23.1. The Balaban J connectivity index is 1.22. The number of fused-ring (bicyclic) bond motifs is 1. The minimum absolute atomic E-state index is 0.0520. The van der Waals surface area contributed by atoms with E-state index in [0.29, 0.717) is 22.8 Å². The molecule has 0 saturated heterocycles. The standard InChI is InChI=1S/C23H29N5O5/c1-27(13-5-3-4-6-13)23(31)32-12-17-21(25-26-28(17)2)16-9-7-14(11-24-16)33-18-10-8-15-19(18)20(15)22(29)30/h7,9,11,13,15,18-20H,3-6,8,10,12H2,1-2H3,(H,29,30)/t15-,18-,19-,20?/m1/s1. The number of hydrogen-bond acceptors (Lipinski definition) is 7. The fraction of sp³-hybridized carbons (Fsp3) is 0.609. The number of aromatic nitrogens is 4. The average molecular weight is 456 g/mol. The first kappa shape index (κ1) is 21.7. The van der Waals surface area contributed by atoms with Gasteiger partial charge in [0.1, 0.15) is 29.8 Å². The van der Waals surface area contributed by atoms with Gasteiger partial charge in [0, 0.05) is 26.1 Å². The number of rotatable bonds is 7. The summed E-state index contributed by atoms with van der Waals surface area (Å²) in [5.74, 6) is -0.0377. The lowest BCUT2D eigenvalue weighted by Gasteiger charge is -2.23. The molecule has 1 N–H and O–H groups in total. The third-order valence-electron chi connectivity index (χ3n) is 7.43. The van der Waals surface area contributed by atoms with Gasteiger partial charge in [-0.2, -0.15) is 0 Å². The number of ether oxygens (including phenoxy) is 2. The lowest BCUT2D eigenvalue weighted by atomic mass is 10.1. The van der Waals surface area contributed by atoms with Crippen LogP contribution in [-0.4, -0.2) is 61.2 Å². The van der Waals surface area contributed by atoms with Crippen molar-refractivity contribution in [2.45, 2.75) is 57.3 Å². The van der Waals surface area contributed by atoms with Crippen molar-refractivity contribution < 1.29 is 24.2 Å². The van der Waals surface area contributed by atoms with Crippen molar-refractivity contribution >= 4 is 12.1 Å². The molecule has 2 aromatic rings. The van der Waals surface area contributed by atoms with Crippen molar-refractivity contribution in [3.8, 4) is 17.1 Å². The normalized spacial score (nSPS) is 26.1. The summed E-state index contributed by atoms with van der Waals surface area (Å²) >= 11 is 0. The summed E-state index contributed by atoms with van der Waals surface area (Å²) in [7, 11) is 3.54. The Labute approximate surface area is 191 Å². The van der Waals surface area contributed by atoms with E-state index in [1.807, 2.05) is 6.07 Å². The van der Waals surface area contributed by atoms with E-state index in [2.05, 4.69) is 15.3 Å². The molecule has 2 aromatic heterocycles. The lowest BCUT2D eigenvalue weighted by Crippen LogP contribution is -2.35. The van der Waals surface area contributed by atoms with E-state index in [-0.39, 0.29) is 42.6 Å². The Morgan fingerprint density at radius 2 is 2.00 bits per heavy atom. The van der Waals surface area contributed by atoms with Crippen LogP contribution >= 0.6 is 0 Å². The van der Waals surface area contributed by atoms with Crippen LogP contribution in [0.5, 0.6) is 5.75 Å². The Bertz CT molecular complexity index is 1030. The highest BCUT2D eigenvalue weighted by Gasteiger charge is 2.62. The van der Waals surface area contributed by atoms with Gasteiger partial charge in [-0.15, -0.1) is 5.10 Å². The molecule has 3 saturated carbocycles. The van der Waals surface area contributed by atoms with E-state index in [9.17, 15) is 14.7 Å². The van der Waals surface area contributed by atoms with Crippen molar-refractivity contribution in [3.05, 3.63) is 24.0 Å². The van der Waals surface area contributed by atoms with Gasteiger partial charge >= 0.3 is 12.1 Å². The van der Waals surface area contributed by atoms with Gasteiger partial charge < -0.3 is 19.5 Å². The van der Waals surface area contributed by atoms with Gasteiger partial charge in [0.2, 0.25) is 0 Å². The molecule has 176 valence electrons. The molecule has 2 heterocycles. The van der Waals surface area contributed by atoms with Crippen LogP contribution in [0.15, 0.2) is 18.3 Å². The van der Waals surface area contributed by atoms with Crippen LogP contribution in [0, 0.1) is 17.8 Å². The maximum absolute atomic E-state index is 12.5. The van der Waals surface area contributed by atoms with Crippen LogP contribution in [0.25, 0.3) is 11.4 Å². The van der Waals surface area contributed by atoms with Crippen LogP contribution in [0.3, 0.4) is 0 Å². The molecule has 5 rings (SSSR count). The summed E-state index contributed by atoms with van der Waals surface area (Å²) in [4.78, 5) is 29.9. The summed E-state index contributed by atoms with van der Waals surface area (Å²) in [6.45, 7) is 0.0520. The highest BCUT2D eigenvalue weighted by Crippen LogP contribution is 2.58. The third kappa shape index (κ3) is 4.14. The minimum atomic E-state index is -0.725. The largest absolute Gasteiger partial charge is 0.488 e. The number of aliphatic carboxylic acids is 1. The SMILES string of the molecule is CN(C(=O)OCc1c(-c2ccc(O[C@@H]3CC[C@H]4C(C(=O)O)[C@@H]34)cn2)nnn1C)C1CCCC1. The van der Waals surface area contributed by atoms with Crippen LogP contribution < -0.4 is 4.74 Å². The number of carbonyl (C=O) groups is 2. The lowest BCUT2D eigenvalue weighted by molar-refractivity contribution is -0.139. The molecule has 3 fully saturated rings. The molecule has 10 nitrogen and oxygen atoms in total. The van der Waals surface area contributed by atoms with Crippen molar-refractivity contribution in [2.75, 3.05) is 7.05 Å². The van der Waals surface area contributed by atoms with E-state index in [0.717, 1.165) is 38.5 Å². The van der Waals surface area contributed by atoms with Gasteiger partial charge in [0.25, 0.3) is 0 Å². The quantitative estimate of drug-likeness (QED) is 0.677. The van der Waals surface area contributed by atoms with Gasteiger partial charge in [0.15, 0.2) is 0 Å². The predicted octanol–water partition coefficient (Wildman–Crippen LogP) is 2.88. The predicted molar refractivity (Wildman–Crippen MR) is 116 cm³/mol. The highest BCUT2D eigenvalue weighted by molar-refractivity contribution is 5.75. The topological polar surface area (TPSA) is 120 Å². The van der Waals surface area contributed by atoms with Crippen molar-refractivity contribution in [2.24, 2.45) is 24.8 Å². The molecule has 0 aromatic carbocycles. The Hall–Kier alpha value is -3.17. The maximum Gasteiger partial charge on any atom is 0.410 e. The zero-order valence-electron chi connectivity index (χ0n) is 18.9. The van der Waals surface area contributed by atoms with E-state index in [1.54, 1.807) is 35.9 Å². The first-order valence-electron chi connectivity index (χ1n) is 11.6. The smallest absolute Gasteiger partial charge is 0.410 e. The molecule has 4 atom stereocenters. The monoisotopic (exact) mass is 455 g/mol. The molecule has 3 aliphatic carbocycles. The van der Waals surface area contributed by atoms with Crippen LogP contribution in [-0.2, 0) is 23.2 Å². The molecule has 1 amide bonds. The molecule has 3 aliphatic rings. The second-order valence-electron chi connectivity index (χ2n) is 9.33. The van der Waals surface area contributed by atoms with E-state index in [4.69, 9.17) is 9.47 Å². The van der Waals surface area contributed by atoms with E-state index in [1.165, 1.54) is 0 Å². The Morgan fingerprint density at radius 1 is 1.21 bits per heavy atom. The zero-order valence-corrected chi connectivity index (χ0v) is 18.9. The fourth-order valence-electron chi connectivity index (χ4n) is 5.49. The van der Waals surface area contributed by atoms with Gasteiger partial charge in [-0.25, -0.2) is 9.48 Å². The maximum atomic E-state index is 12.5. The third-order valence-corrected chi connectivity index (χ3v) is 7.43. The molecular weight excluding hydrogens is 426 g/mol.